The predicted molar refractivity (Wildman–Crippen MR) is 201 cm³/mol. The molecule has 0 amide bonds. The molecule has 1 aliphatic heterocycles. The Balaban J connectivity index is 1.06. The van der Waals surface area contributed by atoms with E-state index in [0.717, 1.165) is 33.4 Å². The summed E-state index contributed by atoms with van der Waals surface area (Å²) in [5, 5.41) is 1.11. The lowest BCUT2D eigenvalue weighted by atomic mass is 9.82. The maximum Gasteiger partial charge on any atom is 0.164 e. The molecule has 8 aromatic rings. The van der Waals surface area contributed by atoms with Crippen LogP contribution in [0.2, 0.25) is 0 Å². The SMILES string of the molecule is C1=CC2C(c3ccccc3N2c2ccc(-c3ccccc3)cc2)c2c1oc1cc(-c3nc(-c4ccccc4)nc(-c4ccccc4)n3)ccc21. The van der Waals surface area contributed by atoms with Crippen molar-refractivity contribution in [3.63, 3.8) is 0 Å². The highest BCUT2D eigenvalue weighted by atomic mass is 16.3. The summed E-state index contributed by atoms with van der Waals surface area (Å²) in [5.41, 5.74) is 10.9. The topological polar surface area (TPSA) is 55.1 Å². The van der Waals surface area contributed by atoms with Crippen molar-refractivity contribution in [3.8, 4) is 45.3 Å². The molecule has 2 aliphatic rings. The van der Waals surface area contributed by atoms with Crippen molar-refractivity contribution in [2.24, 2.45) is 0 Å². The molecule has 0 N–H and O–H groups in total. The number of hydrogen-bond acceptors (Lipinski definition) is 5. The van der Waals surface area contributed by atoms with Crippen molar-refractivity contribution < 1.29 is 4.42 Å². The van der Waals surface area contributed by atoms with E-state index < -0.39 is 0 Å². The second kappa shape index (κ2) is 11.5. The highest BCUT2D eigenvalue weighted by Gasteiger charge is 2.43. The van der Waals surface area contributed by atoms with Crippen LogP contribution >= 0.6 is 0 Å². The Hall–Kier alpha value is -6.59. The third-order valence-corrected chi connectivity index (χ3v) is 9.89. The van der Waals surface area contributed by atoms with Gasteiger partial charge in [-0.25, -0.2) is 15.0 Å². The van der Waals surface area contributed by atoms with Gasteiger partial charge in [-0.05, 0) is 47.0 Å². The maximum absolute atomic E-state index is 6.63. The molecule has 0 saturated heterocycles. The van der Waals surface area contributed by atoms with E-state index in [9.17, 15) is 0 Å². The van der Waals surface area contributed by atoms with Crippen molar-refractivity contribution in [2.45, 2.75) is 12.0 Å². The van der Waals surface area contributed by atoms with Crippen molar-refractivity contribution >= 4 is 28.4 Å². The molecule has 10 rings (SSSR count). The lowest BCUT2D eigenvalue weighted by Crippen LogP contribution is -2.30. The van der Waals surface area contributed by atoms with Crippen LogP contribution in [-0.4, -0.2) is 21.0 Å². The van der Waals surface area contributed by atoms with Crippen LogP contribution in [0.3, 0.4) is 0 Å². The molecule has 5 heteroatoms. The smallest absolute Gasteiger partial charge is 0.164 e. The Morgan fingerprint density at radius 2 is 1.04 bits per heavy atom. The molecular weight excluding hydrogens is 613 g/mol. The van der Waals surface area contributed by atoms with Crippen LogP contribution in [0, 0.1) is 0 Å². The molecule has 5 nitrogen and oxygen atoms in total. The molecule has 2 unspecified atom stereocenters. The van der Waals surface area contributed by atoms with Crippen LogP contribution in [0.1, 0.15) is 22.8 Å². The molecular formula is C45H30N4O. The number of hydrogen-bond donors (Lipinski definition) is 0. The summed E-state index contributed by atoms with van der Waals surface area (Å²) in [4.78, 5) is 17.3. The molecule has 50 heavy (non-hydrogen) atoms. The van der Waals surface area contributed by atoms with Crippen molar-refractivity contribution in [2.75, 3.05) is 4.90 Å². The predicted octanol–water partition coefficient (Wildman–Crippen LogP) is 11.0. The minimum atomic E-state index is 0.119. The Labute approximate surface area is 289 Å². The van der Waals surface area contributed by atoms with Gasteiger partial charge in [0.1, 0.15) is 11.3 Å². The highest BCUT2D eigenvalue weighted by Crippen LogP contribution is 2.53. The van der Waals surface area contributed by atoms with Gasteiger partial charge in [-0.3, -0.25) is 0 Å². The zero-order valence-corrected chi connectivity index (χ0v) is 27.0. The molecule has 0 radical (unpaired) electrons. The molecule has 0 fully saturated rings. The van der Waals surface area contributed by atoms with Crippen LogP contribution in [-0.2, 0) is 0 Å². The number of anilines is 2. The minimum Gasteiger partial charge on any atom is -0.456 e. The molecule has 236 valence electrons. The monoisotopic (exact) mass is 642 g/mol. The van der Waals surface area contributed by atoms with Gasteiger partial charge < -0.3 is 9.32 Å². The first-order valence-corrected chi connectivity index (χ1v) is 16.9. The Morgan fingerprint density at radius 3 is 1.70 bits per heavy atom. The van der Waals surface area contributed by atoms with Crippen LogP contribution in [0.15, 0.2) is 168 Å². The molecule has 0 saturated carbocycles. The zero-order chi connectivity index (χ0) is 33.0. The van der Waals surface area contributed by atoms with E-state index in [1.165, 1.54) is 33.6 Å². The summed E-state index contributed by atoms with van der Waals surface area (Å²) in [7, 11) is 0. The number of fused-ring (bicyclic) bond motifs is 7. The molecule has 1 aliphatic carbocycles. The largest absolute Gasteiger partial charge is 0.456 e. The molecule has 0 bridgehead atoms. The average Bonchev–Trinajstić information content (AvgIpc) is 3.74. The fourth-order valence-corrected chi connectivity index (χ4v) is 7.59. The van der Waals surface area contributed by atoms with Gasteiger partial charge in [0.2, 0.25) is 0 Å². The first-order chi connectivity index (χ1) is 24.8. The average molecular weight is 643 g/mol. The summed E-state index contributed by atoms with van der Waals surface area (Å²) in [6.07, 6.45) is 4.45. The summed E-state index contributed by atoms with van der Waals surface area (Å²) < 4.78 is 6.63. The van der Waals surface area contributed by atoms with E-state index in [4.69, 9.17) is 19.4 Å². The van der Waals surface area contributed by atoms with Crippen LogP contribution in [0.4, 0.5) is 11.4 Å². The molecule has 2 aromatic heterocycles. The Kier molecular flexibility index (Phi) is 6.56. The fourth-order valence-electron chi connectivity index (χ4n) is 7.59. The minimum absolute atomic E-state index is 0.119. The fraction of sp³-hybridized carbons (Fsp3) is 0.0444. The number of para-hydroxylation sites is 1. The summed E-state index contributed by atoms with van der Waals surface area (Å²) >= 11 is 0. The third-order valence-electron chi connectivity index (χ3n) is 9.89. The Morgan fingerprint density at radius 1 is 0.500 bits per heavy atom. The van der Waals surface area contributed by atoms with Gasteiger partial charge in [0.15, 0.2) is 17.5 Å². The number of furan rings is 1. The standard InChI is InChI=1S/C45H30N4O/c1-4-12-29(13-5-1)30-20-23-34(24-21-30)49-37-19-11-10-18-35(37)41-38(49)26-27-39-42(41)36-25-22-33(28-40(36)50-39)45-47-43(31-14-6-2-7-15-31)46-44(48-45)32-16-8-3-9-17-32/h1-28,38,41H. The van der Waals surface area contributed by atoms with E-state index in [1.807, 2.05) is 60.7 Å². The van der Waals surface area contributed by atoms with E-state index in [-0.39, 0.29) is 12.0 Å². The van der Waals surface area contributed by atoms with Gasteiger partial charge in [-0.2, -0.15) is 0 Å². The van der Waals surface area contributed by atoms with Gasteiger partial charge in [0, 0.05) is 44.9 Å². The van der Waals surface area contributed by atoms with Crippen LogP contribution in [0.25, 0.3) is 62.3 Å². The second-order valence-corrected chi connectivity index (χ2v) is 12.8. The van der Waals surface area contributed by atoms with Crippen molar-refractivity contribution in [1.29, 1.82) is 0 Å². The quantitative estimate of drug-likeness (QED) is 0.187. The second-order valence-electron chi connectivity index (χ2n) is 12.8. The van der Waals surface area contributed by atoms with Crippen LogP contribution < -0.4 is 4.90 Å². The number of aromatic nitrogens is 3. The van der Waals surface area contributed by atoms with Crippen molar-refractivity contribution in [3.05, 3.63) is 181 Å². The van der Waals surface area contributed by atoms with E-state index >= 15 is 0 Å². The summed E-state index contributed by atoms with van der Waals surface area (Å²) in [5.74, 6) is 2.91. The maximum atomic E-state index is 6.63. The molecule has 6 aromatic carbocycles. The van der Waals surface area contributed by atoms with Gasteiger partial charge in [0.05, 0.1) is 6.04 Å². The zero-order valence-electron chi connectivity index (χ0n) is 27.0. The normalized spacial score (nSPS) is 15.9. The first-order valence-electron chi connectivity index (χ1n) is 16.9. The van der Waals surface area contributed by atoms with Gasteiger partial charge in [0.25, 0.3) is 0 Å². The van der Waals surface area contributed by atoms with Gasteiger partial charge >= 0.3 is 0 Å². The third kappa shape index (κ3) is 4.66. The Bertz CT molecular complexity index is 2480. The van der Waals surface area contributed by atoms with Crippen molar-refractivity contribution in [1.82, 2.24) is 15.0 Å². The van der Waals surface area contributed by atoms with E-state index in [0.29, 0.717) is 17.5 Å². The lowest BCUT2D eigenvalue weighted by molar-refractivity contribution is 0.584. The first kappa shape index (κ1) is 28.4. The van der Waals surface area contributed by atoms with E-state index in [2.05, 4.69) is 114 Å². The number of benzene rings is 6. The lowest BCUT2D eigenvalue weighted by Gasteiger charge is -2.30. The summed E-state index contributed by atoms with van der Waals surface area (Å²) in [6, 6.07) is 54.9. The van der Waals surface area contributed by atoms with Gasteiger partial charge in [-0.1, -0.05) is 140 Å². The van der Waals surface area contributed by atoms with Gasteiger partial charge in [-0.15, -0.1) is 0 Å². The van der Waals surface area contributed by atoms with E-state index in [1.54, 1.807) is 0 Å². The molecule has 0 spiro atoms. The number of nitrogens with zero attached hydrogens (tertiary/aromatic N) is 4. The number of rotatable bonds is 5. The van der Waals surface area contributed by atoms with Crippen LogP contribution in [0.5, 0.6) is 0 Å². The molecule has 2 atom stereocenters. The summed E-state index contributed by atoms with van der Waals surface area (Å²) in [6.45, 7) is 0. The highest BCUT2D eigenvalue weighted by molar-refractivity contribution is 5.92. The molecule has 3 heterocycles.